The molecule has 1 aliphatic heterocycles. The van der Waals surface area contributed by atoms with E-state index in [-0.39, 0.29) is 12.5 Å². The number of thioether (sulfide) groups is 1. The normalized spacial score (nSPS) is 18.0. The Labute approximate surface area is 193 Å². The molecule has 1 heterocycles. The van der Waals surface area contributed by atoms with Crippen molar-refractivity contribution in [2.45, 2.75) is 32.1 Å². The first kappa shape index (κ1) is 25.6. The van der Waals surface area contributed by atoms with Crippen LogP contribution in [0.25, 0.3) is 0 Å². The van der Waals surface area contributed by atoms with Crippen molar-refractivity contribution >= 4 is 29.4 Å². The van der Waals surface area contributed by atoms with Crippen LogP contribution in [0.3, 0.4) is 0 Å². The van der Waals surface area contributed by atoms with Crippen molar-refractivity contribution in [3.63, 3.8) is 0 Å². The molecule has 8 nitrogen and oxygen atoms in total. The monoisotopic (exact) mass is 465 g/mol. The first-order valence-electron chi connectivity index (χ1n) is 10.2. The molecule has 1 aromatic carbocycles. The van der Waals surface area contributed by atoms with E-state index in [0.29, 0.717) is 40.7 Å². The average Bonchev–Trinajstić information content (AvgIpc) is 2.77. The van der Waals surface area contributed by atoms with Crippen LogP contribution in [0.15, 0.2) is 33.3 Å². The maximum atomic E-state index is 12.7. The van der Waals surface area contributed by atoms with E-state index in [4.69, 9.17) is 23.7 Å². The highest BCUT2D eigenvalue weighted by Gasteiger charge is 2.38. The molecule has 0 saturated carbocycles. The van der Waals surface area contributed by atoms with Gasteiger partial charge in [-0.1, -0.05) is 6.92 Å². The lowest BCUT2D eigenvalue weighted by molar-refractivity contribution is -0.144. The Morgan fingerprint density at radius 3 is 2.19 bits per heavy atom. The van der Waals surface area contributed by atoms with Crippen LogP contribution in [-0.2, 0) is 19.1 Å². The third-order valence-electron chi connectivity index (χ3n) is 5.24. The van der Waals surface area contributed by atoms with Crippen molar-refractivity contribution in [3.05, 3.63) is 23.4 Å². The summed E-state index contributed by atoms with van der Waals surface area (Å²) in [5.74, 6) is 0.651. The van der Waals surface area contributed by atoms with Gasteiger partial charge in [-0.25, -0.2) is 4.79 Å². The highest BCUT2D eigenvalue weighted by Crippen LogP contribution is 2.41. The Hall–Kier alpha value is -2.68. The molecule has 1 aromatic rings. The molecule has 0 spiro atoms. The van der Waals surface area contributed by atoms with E-state index in [9.17, 15) is 9.59 Å². The Morgan fingerprint density at radius 2 is 1.66 bits per heavy atom. The summed E-state index contributed by atoms with van der Waals surface area (Å²) < 4.78 is 26.4. The van der Waals surface area contributed by atoms with Gasteiger partial charge in [0.25, 0.3) is 0 Å². The summed E-state index contributed by atoms with van der Waals surface area (Å²) in [6.07, 6.45) is 0.649. The van der Waals surface area contributed by atoms with E-state index >= 15 is 0 Å². The number of nitrogens with zero attached hydrogens (tertiary/aromatic N) is 1. The fraction of sp³-hybridized carbons (Fsp3) is 0.522. The van der Waals surface area contributed by atoms with Gasteiger partial charge >= 0.3 is 11.9 Å². The number of carbonyl (C=O) groups is 2. The Morgan fingerprint density at radius 1 is 1.03 bits per heavy atom. The van der Waals surface area contributed by atoms with Crippen LogP contribution >= 0.6 is 11.8 Å². The molecule has 2 unspecified atom stereocenters. The number of hydrogen-bond acceptors (Lipinski definition) is 9. The standard InChI is InChI=1S/C23H31NO7S/c1-13-19(22(25)30-7)14(2)24-15(3)20(13)23(26)31-9-8-10-32-16-11-17(27-4)21(29-6)18(12-16)28-5/h11-13,19H,8-10H2,1-7H3. The second kappa shape index (κ2) is 11.8. The van der Waals surface area contributed by atoms with Gasteiger partial charge in [0.2, 0.25) is 5.75 Å². The molecular weight excluding hydrogens is 434 g/mol. The van der Waals surface area contributed by atoms with Crippen LogP contribution in [0, 0.1) is 11.8 Å². The van der Waals surface area contributed by atoms with Gasteiger partial charge in [-0.05, 0) is 32.4 Å². The third kappa shape index (κ3) is 5.76. The smallest absolute Gasteiger partial charge is 0.336 e. The molecule has 0 bridgehead atoms. The number of aliphatic imine (C=N–C) groups is 1. The molecule has 2 rings (SSSR count). The fourth-order valence-electron chi connectivity index (χ4n) is 3.72. The van der Waals surface area contributed by atoms with Gasteiger partial charge in [-0.3, -0.25) is 9.79 Å². The number of ether oxygens (including phenoxy) is 5. The SMILES string of the molecule is COC(=O)C1C(C)=NC(C)=C(C(=O)OCCCSc2cc(OC)c(OC)c(OC)c2)C1C. The molecule has 9 heteroatoms. The largest absolute Gasteiger partial charge is 0.493 e. The second-order valence-electron chi connectivity index (χ2n) is 7.24. The van der Waals surface area contributed by atoms with E-state index in [0.717, 1.165) is 10.6 Å². The van der Waals surface area contributed by atoms with Gasteiger partial charge < -0.3 is 23.7 Å². The van der Waals surface area contributed by atoms with Gasteiger partial charge in [-0.15, -0.1) is 11.8 Å². The fourth-order valence-corrected chi connectivity index (χ4v) is 4.60. The van der Waals surface area contributed by atoms with E-state index < -0.39 is 17.9 Å². The lowest BCUT2D eigenvalue weighted by atomic mass is 9.81. The Bertz CT molecular complexity index is 885. The summed E-state index contributed by atoms with van der Waals surface area (Å²) in [4.78, 5) is 30.1. The third-order valence-corrected chi connectivity index (χ3v) is 6.30. The van der Waals surface area contributed by atoms with Gasteiger partial charge in [0.15, 0.2) is 11.5 Å². The lowest BCUT2D eigenvalue weighted by Crippen LogP contribution is -2.36. The molecule has 0 fully saturated rings. The maximum Gasteiger partial charge on any atom is 0.336 e. The second-order valence-corrected chi connectivity index (χ2v) is 8.41. The molecule has 0 N–H and O–H groups in total. The van der Waals surface area contributed by atoms with E-state index in [1.165, 1.54) is 7.11 Å². The van der Waals surface area contributed by atoms with Crippen molar-refractivity contribution in [2.24, 2.45) is 16.8 Å². The zero-order valence-corrected chi connectivity index (χ0v) is 20.5. The minimum atomic E-state index is -0.582. The molecular formula is C23H31NO7S. The van der Waals surface area contributed by atoms with Crippen molar-refractivity contribution in [1.82, 2.24) is 0 Å². The van der Waals surface area contributed by atoms with Crippen LogP contribution in [-0.4, -0.2) is 58.4 Å². The molecule has 176 valence electrons. The number of methoxy groups -OCH3 is 4. The molecule has 2 atom stereocenters. The van der Waals surface area contributed by atoms with Crippen molar-refractivity contribution in [3.8, 4) is 17.2 Å². The van der Waals surface area contributed by atoms with Crippen LogP contribution in [0.4, 0.5) is 0 Å². The molecule has 0 aromatic heterocycles. The topological polar surface area (TPSA) is 92.7 Å². The highest BCUT2D eigenvalue weighted by atomic mass is 32.2. The number of carbonyl (C=O) groups excluding carboxylic acids is 2. The van der Waals surface area contributed by atoms with Crippen LogP contribution in [0.2, 0.25) is 0 Å². The van der Waals surface area contributed by atoms with E-state index in [1.807, 2.05) is 19.1 Å². The molecule has 0 amide bonds. The maximum absolute atomic E-state index is 12.7. The summed E-state index contributed by atoms with van der Waals surface area (Å²) in [6, 6.07) is 3.76. The summed E-state index contributed by atoms with van der Waals surface area (Å²) in [5.41, 5.74) is 1.63. The van der Waals surface area contributed by atoms with Crippen LogP contribution in [0.5, 0.6) is 17.2 Å². The van der Waals surface area contributed by atoms with Gasteiger partial charge in [0.05, 0.1) is 40.6 Å². The Kier molecular flexibility index (Phi) is 9.43. The molecule has 0 radical (unpaired) electrons. The lowest BCUT2D eigenvalue weighted by Gasteiger charge is -2.28. The van der Waals surface area contributed by atoms with E-state index in [2.05, 4.69) is 4.99 Å². The first-order chi connectivity index (χ1) is 15.3. The quantitative estimate of drug-likeness (QED) is 0.292. The van der Waals surface area contributed by atoms with Crippen molar-refractivity contribution in [2.75, 3.05) is 40.8 Å². The number of benzene rings is 1. The zero-order chi connectivity index (χ0) is 23.8. The van der Waals surface area contributed by atoms with Gasteiger partial charge in [0.1, 0.15) is 5.92 Å². The summed E-state index contributed by atoms with van der Waals surface area (Å²) in [5, 5.41) is 0. The van der Waals surface area contributed by atoms with Crippen molar-refractivity contribution in [1.29, 1.82) is 0 Å². The van der Waals surface area contributed by atoms with Gasteiger partial charge in [0, 0.05) is 28.0 Å². The van der Waals surface area contributed by atoms with Crippen molar-refractivity contribution < 1.29 is 33.3 Å². The minimum absolute atomic E-state index is 0.255. The number of hydrogen-bond donors (Lipinski definition) is 0. The van der Waals surface area contributed by atoms with Gasteiger partial charge in [-0.2, -0.15) is 0 Å². The Balaban J connectivity index is 1.94. The minimum Gasteiger partial charge on any atom is -0.493 e. The summed E-state index contributed by atoms with van der Waals surface area (Å²) in [6.45, 7) is 5.60. The molecule has 0 saturated heterocycles. The zero-order valence-electron chi connectivity index (χ0n) is 19.6. The summed E-state index contributed by atoms with van der Waals surface area (Å²) >= 11 is 1.59. The average molecular weight is 466 g/mol. The number of esters is 2. The van der Waals surface area contributed by atoms with Crippen LogP contribution < -0.4 is 14.2 Å². The number of rotatable bonds is 10. The highest BCUT2D eigenvalue weighted by molar-refractivity contribution is 7.99. The number of allylic oxidation sites excluding steroid dienone is 1. The molecule has 32 heavy (non-hydrogen) atoms. The first-order valence-corrected chi connectivity index (χ1v) is 11.2. The van der Waals surface area contributed by atoms with Crippen LogP contribution in [0.1, 0.15) is 27.2 Å². The molecule has 0 aliphatic carbocycles. The predicted molar refractivity (Wildman–Crippen MR) is 123 cm³/mol. The molecule has 1 aliphatic rings. The van der Waals surface area contributed by atoms with E-state index in [1.54, 1.807) is 46.9 Å². The predicted octanol–water partition coefficient (Wildman–Crippen LogP) is 3.91. The summed E-state index contributed by atoms with van der Waals surface area (Å²) in [7, 11) is 6.04.